The molecule has 0 amide bonds. The molecule has 1 heterocycles. The maximum absolute atomic E-state index is 11.8. The van der Waals surface area contributed by atoms with Gasteiger partial charge in [0, 0.05) is 38.0 Å². The topological polar surface area (TPSA) is 63.1 Å². The molecule has 0 spiro atoms. The Kier molecular flexibility index (Phi) is 11.4. The van der Waals surface area contributed by atoms with Crippen LogP contribution in [0.25, 0.3) is 32.9 Å². The third kappa shape index (κ3) is 7.70. The minimum atomic E-state index is 0. The Morgan fingerprint density at radius 2 is 1.56 bits per heavy atom. The average Bonchev–Trinajstić information content (AvgIpc) is 3.67. The number of hydrogen-bond donors (Lipinski definition) is 1. The zero-order valence-electron chi connectivity index (χ0n) is 23.7. The summed E-state index contributed by atoms with van der Waals surface area (Å²) in [6, 6.07) is 22.3. The molecule has 4 aromatic rings. The number of aliphatic hydroxyl groups is 1. The van der Waals surface area contributed by atoms with Crippen LogP contribution in [0, 0.1) is 17.9 Å². The van der Waals surface area contributed by atoms with Gasteiger partial charge in [-0.25, -0.2) is 4.98 Å². The number of carbonyl (C=O) groups excluding carboxylic acids is 1. The van der Waals surface area contributed by atoms with E-state index in [0.717, 1.165) is 47.8 Å². The van der Waals surface area contributed by atoms with E-state index in [1.807, 2.05) is 6.07 Å². The Bertz CT molecular complexity index is 1490. The van der Waals surface area contributed by atoms with Crippen molar-refractivity contribution in [1.29, 1.82) is 0 Å². The smallest absolute Gasteiger partial charge is 0.162 e. The predicted octanol–water partition coefficient (Wildman–Crippen LogP) is 9.56. The van der Waals surface area contributed by atoms with Crippen molar-refractivity contribution in [3.63, 3.8) is 0 Å². The monoisotopic (exact) mass is 728 g/mol. The minimum Gasteiger partial charge on any atom is -0.512 e. The molecule has 1 N–H and O–H groups in total. The first-order chi connectivity index (χ1) is 18.8. The molecule has 2 aliphatic rings. The molecule has 4 nitrogen and oxygen atoms in total. The van der Waals surface area contributed by atoms with Gasteiger partial charge in [0.05, 0.1) is 11.3 Å². The average molecular weight is 728 g/mol. The zero-order valence-corrected chi connectivity index (χ0v) is 26.1. The van der Waals surface area contributed by atoms with E-state index < -0.39 is 0 Å². The number of allylic oxidation sites excluding steroid dienone is 2. The van der Waals surface area contributed by atoms with E-state index in [4.69, 9.17) is 0 Å². The van der Waals surface area contributed by atoms with Gasteiger partial charge in [-0.1, -0.05) is 95.7 Å². The molecule has 0 bridgehead atoms. The van der Waals surface area contributed by atoms with Crippen LogP contribution in [0.3, 0.4) is 0 Å². The van der Waals surface area contributed by atoms with Crippen molar-refractivity contribution in [2.75, 3.05) is 0 Å². The van der Waals surface area contributed by atoms with Gasteiger partial charge in [0.1, 0.15) is 6.33 Å². The zero-order chi connectivity index (χ0) is 27.4. The molecular weight excluding hydrogens is 685 g/mol. The maximum Gasteiger partial charge on any atom is 0.162 e. The Morgan fingerprint density at radius 3 is 2.24 bits per heavy atom. The Hall–Kier alpha value is -2.88. The molecule has 41 heavy (non-hydrogen) atoms. The van der Waals surface area contributed by atoms with Crippen molar-refractivity contribution >= 4 is 27.5 Å². The summed E-state index contributed by atoms with van der Waals surface area (Å²) in [4.78, 5) is 20.8. The maximum atomic E-state index is 11.8. The molecule has 5 heteroatoms. The molecule has 0 unspecified atom stereocenters. The number of benzene rings is 3. The molecule has 1 aromatic heterocycles. The van der Waals surface area contributed by atoms with E-state index in [0.29, 0.717) is 5.76 Å². The molecule has 6 rings (SSSR count). The fraction of sp³-hybridized carbons (Fsp3) is 0.417. The number of nitrogens with zero attached hydrogens (tertiary/aromatic N) is 2. The van der Waals surface area contributed by atoms with Crippen LogP contribution in [-0.4, -0.2) is 20.9 Å². The molecule has 2 saturated carbocycles. The number of rotatable bonds is 4. The summed E-state index contributed by atoms with van der Waals surface area (Å²) in [5.41, 5.74) is 4.33. The van der Waals surface area contributed by atoms with Crippen LogP contribution in [0.1, 0.15) is 85.1 Å². The van der Waals surface area contributed by atoms with E-state index in [2.05, 4.69) is 85.3 Å². The molecule has 0 aliphatic heterocycles. The Balaban J connectivity index is 0.000000237. The van der Waals surface area contributed by atoms with E-state index >= 15 is 0 Å². The van der Waals surface area contributed by atoms with E-state index in [1.165, 1.54) is 48.1 Å². The van der Waals surface area contributed by atoms with Gasteiger partial charge in [-0.05, 0) is 53.8 Å². The number of aliphatic hydroxyl groups excluding tert-OH is 1. The number of hydrogen-bond acceptors (Lipinski definition) is 4. The number of fused-ring (bicyclic) bond motifs is 2. The summed E-state index contributed by atoms with van der Waals surface area (Å²) < 4.78 is 0. The molecule has 3 aromatic carbocycles. The van der Waals surface area contributed by atoms with Crippen LogP contribution in [0.4, 0.5) is 0 Å². The van der Waals surface area contributed by atoms with Gasteiger partial charge in [0.15, 0.2) is 5.78 Å². The molecule has 2 fully saturated rings. The summed E-state index contributed by atoms with van der Waals surface area (Å²) in [5.74, 6) is 0.991. The van der Waals surface area contributed by atoms with Crippen LogP contribution < -0.4 is 0 Å². The van der Waals surface area contributed by atoms with Gasteiger partial charge in [-0.3, -0.25) is 9.78 Å². The first-order valence-electron chi connectivity index (χ1n) is 14.4. The summed E-state index contributed by atoms with van der Waals surface area (Å²) in [6.45, 7) is 6.65. The third-order valence-electron chi connectivity index (χ3n) is 8.28. The summed E-state index contributed by atoms with van der Waals surface area (Å²) in [6.07, 6.45) is 12.1. The standard InChI is InChI=1S/C22H19N2.C13H20O2.CH4.Ir/c1-22(2,3)16-11-12-19-20(13-16)23-14-24-21(19)18-10-6-8-15-7-4-5-9-17(15)18;14-12(10-5-1-2-6-10)9-13(15)11-7-3-4-8-11;;/h4-9,11-14H,1-3H3;9-11,14H,1-8H2;1H4;/q-1;;;. The van der Waals surface area contributed by atoms with E-state index in [-0.39, 0.29) is 50.6 Å². The van der Waals surface area contributed by atoms with Crippen LogP contribution in [-0.2, 0) is 30.3 Å². The molecule has 2 aliphatic carbocycles. The Labute approximate surface area is 259 Å². The predicted molar refractivity (Wildman–Crippen MR) is 166 cm³/mol. The number of carbonyl (C=O) groups is 1. The van der Waals surface area contributed by atoms with Gasteiger partial charge < -0.3 is 5.11 Å². The summed E-state index contributed by atoms with van der Waals surface area (Å²) in [7, 11) is 0. The van der Waals surface area contributed by atoms with Gasteiger partial charge in [0.2, 0.25) is 0 Å². The largest absolute Gasteiger partial charge is 0.512 e. The first-order valence-corrected chi connectivity index (χ1v) is 14.4. The molecule has 219 valence electrons. The Morgan fingerprint density at radius 1 is 0.902 bits per heavy atom. The van der Waals surface area contributed by atoms with Crippen molar-refractivity contribution in [2.45, 2.75) is 85.0 Å². The van der Waals surface area contributed by atoms with E-state index in [1.54, 1.807) is 6.33 Å². The second-order valence-electron chi connectivity index (χ2n) is 12.1. The van der Waals surface area contributed by atoms with Crippen molar-refractivity contribution in [2.24, 2.45) is 11.8 Å². The van der Waals surface area contributed by atoms with Crippen LogP contribution in [0.5, 0.6) is 0 Å². The SMILES string of the molecule is C.CC(C)(C)c1ccc2c(-c3[c-]ccc4ccccc34)ncnc2c1.O=C(C=C(O)C1CCCC1)C1CCCC1.[Ir]. The van der Waals surface area contributed by atoms with E-state index in [9.17, 15) is 9.90 Å². The van der Waals surface area contributed by atoms with Gasteiger partial charge >= 0.3 is 0 Å². The molecular formula is C36H43IrN2O2-. The normalized spacial score (nSPS) is 16.1. The number of aromatic nitrogens is 2. The number of ketones is 1. The van der Waals surface area contributed by atoms with Crippen LogP contribution in [0.15, 0.2) is 72.8 Å². The quantitative estimate of drug-likeness (QED) is 0.129. The van der Waals surface area contributed by atoms with Crippen LogP contribution in [0.2, 0.25) is 0 Å². The fourth-order valence-corrected chi connectivity index (χ4v) is 5.89. The molecule has 1 radical (unpaired) electrons. The summed E-state index contributed by atoms with van der Waals surface area (Å²) in [5, 5.41) is 13.3. The fourth-order valence-electron chi connectivity index (χ4n) is 5.89. The second-order valence-corrected chi connectivity index (χ2v) is 12.1. The van der Waals surface area contributed by atoms with Crippen LogP contribution >= 0.6 is 0 Å². The second kappa shape index (κ2) is 14.3. The van der Waals surface area contributed by atoms with Gasteiger partial charge in [-0.15, -0.1) is 29.1 Å². The van der Waals surface area contributed by atoms with Crippen molar-refractivity contribution in [3.8, 4) is 11.3 Å². The molecule has 0 saturated heterocycles. The van der Waals surface area contributed by atoms with Crippen molar-refractivity contribution < 1.29 is 30.0 Å². The van der Waals surface area contributed by atoms with Crippen molar-refractivity contribution in [1.82, 2.24) is 9.97 Å². The van der Waals surface area contributed by atoms with Crippen molar-refractivity contribution in [3.05, 3.63) is 84.4 Å². The molecule has 0 atom stereocenters. The summed E-state index contributed by atoms with van der Waals surface area (Å²) >= 11 is 0. The first kappa shape index (κ1) is 32.6. The third-order valence-corrected chi connectivity index (χ3v) is 8.28. The van der Waals surface area contributed by atoms with Gasteiger partial charge in [-0.2, -0.15) is 0 Å². The minimum absolute atomic E-state index is 0. The van der Waals surface area contributed by atoms with Gasteiger partial charge in [0.25, 0.3) is 0 Å².